The van der Waals surface area contributed by atoms with Gasteiger partial charge in [-0.2, -0.15) is 0 Å². The molecule has 386 valence electrons. The third-order valence-electron chi connectivity index (χ3n) is 15.3. The Bertz CT molecular complexity index is 3520. The summed E-state index contributed by atoms with van der Waals surface area (Å²) in [6.07, 6.45) is 1.52. The van der Waals surface area contributed by atoms with Gasteiger partial charge < -0.3 is 19.6 Å². The average molecular weight is 1010 g/mol. The average Bonchev–Trinajstić information content (AvgIpc) is 4.06. The minimum atomic E-state index is -0.896. The monoisotopic (exact) mass is 1010 g/mol. The third kappa shape index (κ3) is 10.5. The quantitative estimate of drug-likeness (QED) is 0.114. The number of aromatic nitrogens is 8. The van der Waals surface area contributed by atoms with E-state index < -0.39 is 11.9 Å². The summed E-state index contributed by atoms with van der Waals surface area (Å²) in [6.45, 7) is 19.7. The SMILES string of the molecule is CCn1nnc2c(C)c([C@H](CC(=O)O)c3ccc4c(n3)CN(C(=O)c3ccc(C)c(C)c3)CC4)ccc21.CCn1nnc2c(C)c([C@H](CC(=O)OC)c3ccc4c(n3)CN(C(=O)c3ccc(C)c(C)c3)CC4)ccc21. The van der Waals surface area contributed by atoms with Crippen LogP contribution < -0.4 is 0 Å². The topological polar surface area (TPSA) is 191 Å². The van der Waals surface area contributed by atoms with Gasteiger partial charge in [-0.25, -0.2) is 9.36 Å². The van der Waals surface area contributed by atoms with E-state index >= 15 is 0 Å². The van der Waals surface area contributed by atoms with Gasteiger partial charge in [-0.15, -0.1) is 10.2 Å². The van der Waals surface area contributed by atoms with Gasteiger partial charge in [-0.05, 0) is 172 Å². The molecule has 2 aliphatic rings. The first-order chi connectivity index (χ1) is 36.1. The number of carboxylic acid groups (broad SMARTS) is 1. The highest BCUT2D eigenvalue weighted by Gasteiger charge is 2.30. The second-order valence-electron chi connectivity index (χ2n) is 19.8. The number of ether oxygens (including phenoxy) is 1. The number of rotatable bonds is 12. The summed E-state index contributed by atoms with van der Waals surface area (Å²) in [7, 11) is 1.40. The molecule has 8 aromatic rings. The van der Waals surface area contributed by atoms with E-state index in [1.807, 2.05) is 153 Å². The number of aryl methyl sites for hydroxylation is 8. The molecule has 10 rings (SSSR count). The van der Waals surface area contributed by atoms with Gasteiger partial charge in [0.15, 0.2) is 0 Å². The number of hydrogen-bond donors (Lipinski definition) is 1. The van der Waals surface area contributed by atoms with E-state index in [1.165, 1.54) is 12.7 Å². The highest BCUT2D eigenvalue weighted by molar-refractivity contribution is 5.95. The van der Waals surface area contributed by atoms with Crippen LogP contribution >= 0.6 is 0 Å². The number of fused-ring (bicyclic) bond motifs is 4. The van der Waals surface area contributed by atoms with E-state index in [0.717, 1.165) is 102 Å². The molecule has 16 nitrogen and oxygen atoms in total. The van der Waals surface area contributed by atoms with Gasteiger partial charge in [-0.1, -0.05) is 46.8 Å². The molecule has 0 radical (unpaired) electrons. The molecule has 4 aromatic heterocycles. The number of pyridine rings is 2. The van der Waals surface area contributed by atoms with E-state index in [0.29, 0.717) is 56.0 Å². The number of carbonyl (C=O) groups excluding carboxylic acids is 3. The maximum Gasteiger partial charge on any atom is 0.306 e. The van der Waals surface area contributed by atoms with Crippen molar-refractivity contribution in [3.8, 4) is 0 Å². The maximum absolute atomic E-state index is 13.3. The number of esters is 1. The second-order valence-corrected chi connectivity index (χ2v) is 19.8. The fourth-order valence-electron chi connectivity index (χ4n) is 10.5. The summed E-state index contributed by atoms with van der Waals surface area (Å²) >= 11 is 0. The van der Waals surface area contributed by atoms with Crippen LogP contribution in [-0.4, -0.2) is 98.8 Å². The van der Waals surface area contributed by atoms with E-state index in [2.05, 4.69) is 26.7 Å². The molecule has 2 atom stereocenters. The molecule has 0 saturated carbocycles. The highest BCUT2D eigenvalue weighted by atomic mass is 16.5. The number of carbonyl (C=O) groups is 4. The number of methoxy groups -OCH3 is 1. The standard InChI is InChI=1S/C30H33N5O3.C29H31N5O3/c1-6-35-27-12-10-23(20(4)29(27)32-33-35)24(16-28(36)38-5)25-11-9-21-13-14-34(17-26(21)31-25)30(37)22-8-7-18(2)19(3)15-22;1-5-34-26-11-9-22(19(4)28(26)31-32-34)23(15-27(35)36)24-10-8-20-12-13-33(16-25(20)30-24)29(37)21-7-6-17(2)18(3)14-21/h7-12,15,24H,6,13-14,16-17H2,1-5H3;6-11,14,23H,5,12-13,15-16H2,1-4H3,(H,35,36)/t24-;23-/m00/s1. The molecular formula is C59H64N10O6. The normalized spacial score (nSPS) is 13.9. The van der Waals surface area contributed by atoms with E-state index in [4.69, 9.17) is 14.7 Å². The van der Waals surface area contributed by atoms with Crippen LogP contribution in [0, 0.1) is 41.5 Å². The molecule has 0 bridgehead atoms. The number of benzene rings is 4. The van der Waals surface area contributed by atoms with Crippen LogP contribution in [-0.2, 0) is 53.3 Å². The summed E-state index contributed by atoms with van der Waals surface area (Å²) < 4.78 is 8.74. The second kappa shape index (κ2) is 21.8. The van der Waals surface area contributed by atoms with Gasteiger partial charge in [0.1, 0.15) is 11.0 Å². The molecule has 0 spiro atoms. The van der Waals surface area contributed by atoms with Gasteiger partial charge >= 0.3 is 11.9 Å². The van der Waals surface area contributed by atoms with Gasteiger partial charge in [-0.3, -0.25) is 29.1 Å². The summed E-state index contributed by atoms with van der Waals surface area (Å²) in [4.78, 5) is 64.7. The first-order valence-corrected chi connectivity index (χ1v) is 25.7. The zero-order valence-electron chi connectivity index (χ0n) is 44.3. The summed E-state index contributed by atoms with van der Waals surface area (Å²) in [6, 6.07) is 27.7. The first kappa shape index (κ1) is 51.7. The zero-order chi connectivity index (χ0) is 53.2. The Morgan fingerprint density at radius 2 is 1.01 bits per heavy atom. The van der Waals surface area contributed by atoms with E-state index in [-0.39, 0.29) is 36.5 Å². The van der Waals surface area contributed by atoms with Crippen LogP contribution in [0.25, 0.3) is 22.1 Å². The van der Waals surface area contributed by atoms with Crippen LogP contribution in [0.3, 0.4) is 0 Å². The first-order valence-electron chi connectivity index (χ1n) is 25.7. The Kier molecular flexibility index (Phi) is 15.0. The summed E-state index contributed by atoms with van der Waals surface area (Å²) in [5, 5.41) is 27.0. The number of nitrogens with zero attached hydrogens (tertiary/aromatic N) is 10. The van der Waals surface area contributed by atoms with E-state index in [9.17, 15) is 24.3 Å². The molecule has 75 heavy (non-hydrogen) atoms. The molecule has 16 heteroatoms. The smallest absolute Gasteiger partial charge is 0.306 e. The number of aliphatic carboxylic acids is 1. The maximum atomic E-state index is 13.3. The fraction of sp³-hybridized carbons (Fsp3) is 0.356. The lowest BCUT2D eigenvalue weighted by molar-refractivity contribution is -0.141. The molecule has 0 fully saturated rings. The Morgan fingerprint density at radius 1 is 0.573 bits per heavy atom. The molecule has 1 N–H and O–H groups in total. The Balaban J connectivity index is 0.000000184. The van der Waals surface area contributed by atoms with Crippen LogP contribution in [0.1, 0.15) is 138 Å². The summed E-state index contributed by atoms with van der Waals surface area (Å²) in [5.74, 6) is -1.95. The molecule has 2 aliphatic heterocycles. The van der Waals surface area contributed by atoms with Crippen LogP contribution in [0.4, 0.5) is 0 Å². The molecule has 6 heterocycles. The van der Waals surface area contributed by atoms with Crippen molar-refractivity contribution >= 4 is 45.8 Å². The minimum Gasteiger partial charge on any atom is -0.481 e. The fourth-order valence-corrected chi connectivity index (χ4v) is 10.5. The number of amides is 2. The zero-order valence-corrected chi connectivity index (χ0v) is 44.3. The third-order valence-corrected chi connectivity index (χ3v) is 15.3. The summed E-state index contributed by atoms with van der Waals surface area (Å²) in [5.41, 5.74) is 18.5. The van der Waals surface area contributed by atoms with Crippen molar-refractivity contribution in [2.75, 3.05) is 20.2 Å². The number of carboxylic acids is 1. The largest absolute Gasteiger partial charge is 0.481 e. The van der Waals surface area contributed by atoms with E-state index in [1.54, 1.807) is 0 Å². The van der Waals surface area contributed by atoms with Gasteiger partial charge in [0.05, 0.1) is 55.5 Å². The van der Waals surface area contributed by atoms with Crippen LogP contribution in [0.5, 0.6) is 0 Å². The lowest BCUT2D eigenvalue weighted by Gasteiger charge is -2.29. The van der Waals surface area contributed by atoms with Gasteiger partial charge in [0.2, 0.25) is 0 Å². The molecule has 0 unspecified atom stereocenters. The predicted molar refractivity (Wildman–Crippen MR) is 286 cm³/mol. The molecule has 0 saturated heterocycles. The lowest BCUT2D eigenvalue weighted by atomic mass is 9.87. The molecule has 2 amide bonds. The Labute approximate surface area is 436 Å². The highest BCUT2D eigenvalue weighted by Crippen LogP contribution is 2.36. The van der Waals surface area contributed by atoms with Crippen molar-refractivity contribution in [1.82, 2.24) is 49.8 Å². The number of hydrogen-bond acceptors (Lipinski definition) is 11. The Hall–Kier alpha value is -8.14. The van der Waals surface area contributed by atoms with Gasteiger partial charge in [0.25, 0.3) is 11.8 Å². The molecular weight excluding hydrogens is 945 g/mol. The minimum absolute atomic E-state index is 0.0108. The van der Waals surface area contributed by atoms with Crippen molar-refractivity contribution in [2.45, 2.75) is 119 Å². The Morgan fingerprint density at radius 3 is 1.41 bits per heavy atom. The molecule has 0 aliphatic carbocycles. The van der Waals surface area contributed by atoms with Crippen molar-refractivity contribution in [3.05, 3.63) is 174 Å². The van der Waals surface area contributed by atoms with Crippen molar-refractivity contribution < 1.29 is 29.0 Å². The lowest BCUT2D eigenvalue weighted by Crippen LogP contribution is -2.36. The van der Waals surface area contributed by atoms with Crippen molar-refractivity contribution in [1.29, 1.82) is 0 Å². The molecule has 4 aromatic carbocycles. The van der Waals surface area contributed by atoms with Crippen molar-refractivity contribution in [2.24, 2.45) is 0 Å². The van der Waals surface area contributed by atoms with Crippen molar-refractivity contribution in [3.63, 3.8) is 0 Å². The van der Waals surface area contributed by atoms with Gasteiger partial charge in [0, 0.05) is 60.5 Å². The van der Waals surface area contributed by atoms with Crippen LogP contribution in [0.15, 0.2) is 84.9 Å². The predicted octanol–water partition coefficient (Wildman–Crippen LogP) is 9.24. The van der Waals surface area contributed by atoms with Crippen LogP contribution in [0.2, 0.25) is 0 Å².